The van der Waals surface area contributed by atoms with Crippen LogP contribution < -0.4 is 10.5 Å². The highest BCUT2D eigenvalue weighted by Gasteiger charge is 2.14. The number of nitrogens with zero attached hydrogens (tertiary/aromatic N) is 2. The van der Waals surface area contributed by atoms with Crippen LogP contribution in [0.1, 0.15) is 29.4 Å². The van der Waals surface area contributed by atoms with Gasteiger partial charge < -0.3 is 10.5 Å². The second-order valence-corrected chi connectivity index (χ2v) is 5.35. The van der Waals surface area contributed by atoms with Gasteiger partial charge in [-0.15, -0.1) is 0 Å². The molecule has 5 heteroatoms. The zero-order valence-electron chi connectivity index (χ0n) is 12.3. The molecule has 2 aromatic rings. The summed E-state index contributed by atoms with van der Waals surface area (Å²) >= 11 is 6.31. The minimum atomic E-state index is 0.358. The number of nitrogens with two attached hydrogens (primary N) is 1. The van der Waals surface area contributed by atoms with Crippen LogP contribution >= 0.6 is 11.6 Å². The number of rotatable bonds is 4. The van der Waals surface area contributed by atoms with Gasteiger partial charge in [-0.3, -0.25) is 4.68 Å². The number of benzene rings is 1. The number of halogens is 1. The zero-order chi connectivity index (χ0) is 14.9. The number of hydrogen-bond acceptors (Lipinski definition) is 3. The highest BCUT2D eigenvalue weighted by molar-refractivity contribution is 6.31. The third kappa shape index (κ3) is 2.75. The highest BCUT2D eigenvalue weighted by Crippen LogP contribution is 2.29. The van der Waals surface area contributed by atoms with Crippen molar-refractivity contribution in [3.05, 3.63) is 39.7 Å². The normalized spacial score (nSPS) is 10.8. The van der Waals surface area contributed by atoms with Crippen molar-refractivity contribution in [1.29, 1.82) is 0 Å². The maximum Gasteiger partial charge on any atom is 0.145 e. The summed E-state index contributed by atoms with van der Waals surface area (Å²) < 4.78 is 7.62. The van der Waals surface area contributed by atoms with Crippen molar-refractivity contribution in [2.45, 2.75) is 33.8 Å². The molecule has 0 atom stereocenters. The molecule has 0 bridgehead atoms. The molecule has 2 N–H and O–H groups in total. The molecule has 0 saturated carbocycles. The van der Waals surface area contributed by atoms with Crippen LogP contribution in [-0.4, -0.2) is 9.78 Å². The summed E-state index contributed by atoms with van der Waals surface area (Å²) in [4.78, 5) is 0. The summed E-state index contributed by atoms with van der Waals surface area (Å²) in [5.74, 6) is 0.714. The van der Waals surface area contributed by atoms with E-state index in [1.54, 1.807) is 4.68 Å². The smallest absolute Gasteiger partial charge is 0.145 e. The molecular weight excluding hydrogens is 274 g/mol. The molecule has 0 aliphatic heterocycles. The van der Waals surface area contributed by atoms with E-state index in [2.05, 4.69) is 5.10 Å². The van der Waals surface area contributed by atoms with Crippen LogP contribution in [0.3, 0.4) is 0 Å². The lowest BCUT2D eigenvalue weighted by Crippen LogP contribution is -2.06. The van der Waals surface area contributed by atoms with Gasteiger partial charge in [0, 0.05) is 7.05 Å². The summed E-state index contributed by atoms with van der Waals surface area (Å²) in [7, 11) is 1.87. The fraction of sp³-hybridized carbons (Fsp3) is 0.400. The van der Waals surface area contributed by atoms with E-state index in [1.165, 1.54) is 0 Å². The molecule has 0 aliphatic rings. The number of anilines is 1. The largest absolute Gasteiger partial charge is 0.485 e. The molecule has 0 amide bonds. The van der Waals surface area contributed by atoms with Gasteiger partial charge >= 0.3 is 0 Å². The van der Waals surface area contributed by atoms with E-state index in [0.29, 0.717) is 23.1 Å². The van der Waals surface area contributed by atoms with Gasteiger partial charge in [-0.2, -0.15) is 5.10 Å². The number of aromatic nitrogens is 2. The lowest BCUT2D eigenvalue weighted by Gasteiger charge is -2.13. The molecule has 0 unspecified atom stereocenters. The van der Waals surface area contributed by atoms with E-state index in [1.807, 2.05) is 40.0 Å². The van der Waals surface area contributed by atoms with Crippen molar-refractivity contribution < 1.29 is 4.74 Å². The van der Waals surface area contributed by atoms with E-state index in [0.717, 1.165) is 28.9 Å². The van der Waals surface area contributed by atoms with Gasteiger partial charge in [0.2, 0.25) is 0 Å². The maximum absolute atomic E-state index is 6.31. The van der Waals surface area contributed by atoms with Gasteiger partial charge in [-0.05, 0) is 37.5 Å². The Bertz CT molecular complexity index is 611. The Hall–Kier alpha value is -1.68. The van der Waals surface area contributed by atoms with E-state index < -0.39 is 0 Å². The predicted molar refractivity (Wildman–Crippen MR) is 82.3 cm³/mol. The van der Waals surface area contributed by atoms with Crippen molar-refractivity contribution in [2.75, 3.05) is 5.73 Å². The Morgan fingerprint density at radius 1 is 1.35 bits per heavy atom. The molecule has 20 heavy (non-hydrogen) atoms. The van der Waals surface area contributed by atoms with E-state index in [-0.39, 0.29) is 0 Å². The zero-order valence-corrected chi connectivity index (χ0v) is 13.1. The standard InChI is InChI=1S/C15H20ClN3O/c1-5-12-14(16)13(19(4)18-12)8-20-15-10(3)6-9(2)7-11(15)17/h6-7H,5,8,17H2,1-4H3. The Kier molecular flexibility index (Phi) is 4.23. The van der Waals surface area contributed by atoms with Crippen molar-refractivity contribution in [3.8, 4) is 5.75 Å². The lowest BCUT2D eigenvalue weighted by atomic mass is 10.1. The Morgan fingerprint density at radius 2 is 2.05 bits per heavy atom. The van der Waals surface area contributed by atoms with Crippen molar-refractivity contribution in [1.82, 2.24) is 9.78 Å². The third-order valence-corrected chi connectivity index (χ3v) is 3.74. The maximum atomic E-state index is 6.31. The monoisotopic (exact) mass is 293 g/mol. The second kappa shape index (κ2) is 5.75. The molecule has 1 aromatic carbocycles. The quantitative estimate of drug-likeness (QED) is 0.879. The molecule has 2 rings (SSSR count). The molecule has 0 fully saturated rings. The van der Waals surface area contributed by atoms with E-state index in [4.69, 9.17) is 22.1 Å². The number of hydrogen-bond donors (Lipinski definition) is 1. The highest BCUT2D eigenvalue weighted by atomic mass is 35.5. The molecule has 108 valence electrons. The number of aryl methyl sites for hydroxylation is 4. The summed E-state index contributed by atoms with van der Waals surface area (Å²) in [6, 6.07) is 3.96. The van der Waals surface area contributed by atoms with Crippen LogP contribution in [0.25, 0.3) is 0 Å². The molecule has 0 spiro atoms. The van der Waals surface area contributed by atoms with Crippen LogP contribution in [0.4, 0.5) is 5.69 Å². The van der Waals surface area contributed by atoms with Crippen molar-refractivity contribution >= 4 is 17.3 Å². The first kappa shape index (κ1) is 14.7. The molecule has 1 aromatic heterocycles. The van der Waals surface area contributed by atoms with Gasteiger partial charge in [0.05, 0.1) is 22.1 Å². The predicted octanol–water partition coefficient (Wildman–Crippen LogP) is 3.41. The van der Waals surface area contributed by atoms with Crippen molar-refractivity contribution in [2.24, 2.45) is 7.05 Å². The van der Waals surface area contributed by atoms with Crippen LogP contribution in [0.2, 0.25) is 5.02 Å². The molecule has 4 nitrogen and oxygen atoms in total. The first-order valence-corrected chi connectivity index (χ1v) is 7.01. The lowest BCUT2D eigenvalue weighted by molar-refractivity contribution is 0.294. The minimum Gasteiger partial charge on any atom is -0.485 e. The second-order valence-electron chi connectivity index (χ2n) is 4.97. The van der Waals surface area contributed by atoms with E-state index in [9.17, 15) is 0 Å². The Balaban J connectivity index is 2.24. The first-order chi connectivity index (χ1) is 9.43. The van der Waals surface area contributed by atoms with Crippen LogP contribution in [-0.2, 0) is 20.1 Å². The third-order valence-electron chi connectivity index (χ3n) is 3.30. The molecule has 0 aliphatic carbocycles. The SMILES string of the molecule is CCc1nn(C)c(COc2c(C)cc(C)cc2N)c1Cl. The Morgan fingerprint density at radius 3 is 2.60 bits per heavy atom. The van der Waals surface area contributed by atoms with Crippen LogP contribution in [0.5, 0.6) is 5.75 Å². The molecule has 0 saturated heterocycles. The first-order valence-electron chi connectivity index (χ1n) is 6.63. The van der Waals surface area contributed by atoms with Gasteiger partial charge in [0.1, 0.15) is 12.4 Å². The number of ether oxygens (including phenoxy) is 1. The fourth-order valence-corrected chi connectivity index (χ4v) is 2.65. The van der Waals surface area contributed by atoms with Crippen LogP contribution in [0.15, 0.2) is 12.1 Å². The summed E-state index contributed by atoms with van der Waals surface area (Å²) in [5, 5.41) is 5.05. The van der Waals surface area contributed by atoms with Gasteiger partial charge in [0.25, 0.3) is 0 Å². The molecular formula is C15H20ClN3O. The Labute approximate surface area is 124 Å². The molecule has 0 radical (unpaired) electrons. The van der Waals surface area contributed by atoms with E-state index >= 15 is 0 Å². The van der Waals surface area contributed by atoms with Crippen LogP contribution in [0, 0.1) is 13.8 Å². The minimum absolute atomic E-state index is 0.358. The average molecular weight is 294 g/mol. The summed E-state index contributed by atoms with van der Waals surface area (Å²) in [5.41, 5.74) is 10.6. The van der Waals surface area contributed by atoms with Gasteiger partial charge in [0.15, 0.2) is 0 Å². The van der Waals surface area contributed by atoms with Gasteiger partial charge in [-0.25, -0.2) is 0 Å². The van der Waals surface area contributed by atoms with Crippen molar-refractivity contribution in [3.63, 3.8) is 0 Å². The topological polar surface area (TPSA) is 53.1 Å². The molecule has 1 heterocycles. The summed E-state index contributed by atoms with van der Waals surface area (Å²) in [6.45, 7) is 6.39. The van der Waals surface area contributed by atoms with Gasteiger partial charge in [-0.1, -0.05) is 24.6 Å². The fourth-order valence-electron chi connectivity index (χ4n) is 2.30. The number of nitrogen functional groups attached to an aromatic ring is 1. The average Bonchev–Trinajstić information content (AvgIpc) is 2.64. The summed E-state index contributed by atoms with van der Waals surface area (Å²) in [6.07, 6.45) is 0.804.